The maximum Gasteiger partial charge on any atom is 0.136 e. The molecule has 0 aromatic heterocycles. The van der Waals surface area contributed by atoms with E-state index in [0.717, 1.165) is 42.4 Å². The van der Waals surface area contributed by atoms with Gasteiger partial charge in [0.15, 0.2) is 0 Å². The normalized spacial score (nSPS) is 59.2. The van der Waals surface area contributed by atoms with E-state index in [1.807, 2.05) is 0 Å². The first-order valence-electron chi connectivity index (χ1n) is 13.7. The van der Waals surface area contributed by atoms with E-state index < -0.39 is 5.60 Å². The smallest absolute Gasteiger partial charge is 0.136 e. The number of rotatable bonds is 0. The largest absolute Gasteiger partial charge is 0.388 e. The third kappa shape index (κ3) is 2.94. The van der Waals surface area contributed by atoms with Crippen molar-refractivity contribution in [3.8, 4) is 0 Å². The number of nitrogens with zero attached hydrogens (tertiary/aromatic N) is 1. The van der Waals surface area contributed by atoms with Gasteiger partial charge in [0.05, 0.1) is 5.60 Å². The van der Waals surface area contributed by atoms with Crippen molar-refractivity contribution in [1.29, 1.82) is 0 Å². The molecular formula is C28H45NO2. The molecule has 0 spiro atoms. The average molecular weight is 428 g/mol. The Morgan fingerprint density at radius 2 is 1.65 bits per heavy atom. The number of Topliss-reactive ketones (excluding diaryl/α,β-unsaturated/α-hetero) is 1. The highest BCUT2D eigenvalue weighted by molar-refractivity contribution is 5.83. The second-order valence-corrected chi connectivity index (χ2v) is 13.7. The lowest BCUT2D eigenvalue weighted by Gasteiger charge is -2.59. The van der Waals surface area contributed by atoms with Gasteiger partial charge >= 0.3 is 0 Å². The van der Waals surface area contributed by atoms with Crippen LogP contribution in [0.4, 0.5) is 0 Å². The van der Waals surface area contributed by atoms with Crippen molar-refractivity contribution in [3.05, 3.63) is 0 Å². The van der Waals surface area contributed by atoms with Crippen LogP contribution in [-0.2, 0) is 4.79 Å². The monoisotopic (exact) mass is 427 g/mol. The van der Waals surface area contributed by atoms with E-state index in [1.165, 1.54) is 58.0 Å². The Morgan fingerprint density at radius 1 is 0.839 bits per heavy atom. The van der Waals surface area contributed by atoms with E-state index in [0.29, 0.717) is 35.5 Å². The predicted molar refractivity (Wildman–Crippen MR) is 123 cm³/mol. The number of carbonyl (C=O) groups is 1. The molecule has 4 aliphatic carbocycles. The summed E-state index contributed by atoms with van der Waals surface area (Å²) < 4.78 is 0. The summed E-state index contributed by atoms with van der Waals surface area (Å²) in [5.74, 6) is 6.39. The topological polar surface area (TPSA) is 40.5 Å². The number of piperidine rings is 2. The minimum atomic E-state index is -0.537. The number of ketones is 1. The van der Waals surface area contributed by atoms with E-state index in [2.05, 4.69) is 32.6 Å². The Hall–Kier alpha value is -0.410. The van der Waals surface area contributed by atoms with Gasteiger partial charge in [-0.15, -0.1) is 0 Å². The molecule has 174 valence electrons. The van der Waals surface area contributed by atoms with Crippen LogP contribution in [0.1, 0.15) is 85.5 Å². The van der Waals surface area contributed by atoms with Gasteiger partial charge in [0.25, 0.3) is 0 Å². The summed E-state index contributed by atoms with van der Waals surface area (Å²) in [7, 11) is 0. The average Bonchev–Trinajstić information content (AvgIpc) is 3.09. The van der Waals surface area contributed by atoms with E-state index in [1.54, 1.807) is 0 Å². The zero-order valence-corrected chi connectivity index (χ0v) is 20.4. The number of carbonyl (C=O) groups excluding carboxylic acids is 1. The molecule has 0 bridgehead atoms. The van der Waals surface area contributed by atoms with E-state index in [-0.39, 0.29) is 5.41 Å². The lowest BCUT2D eigenvalue weighted by molar-refractivity contribution is -0.175. The van der Waals surface area contributed by atoms with Gasteiger partial charge in [0.1, 0.15) is 5.78 Å². The molecule has 4 saturated carbocycles. The first-order chi connectivity index (χ1) is 14.7. The van der Waals surface area contributed by atoms with Crippen LogP contribution in [0, 0.1) is 58.7 Å². The molecule has 31 heavy (non-hydrogen) atoms. The van der Waals surface area contributed by atoms with Crippen LogP contribution in [-0.4, -0.2) is 40.5 Å². The Balaban J connectivity index is 1.31. The van der Waals surface area contributed by atoms with Crippen LogP contribution in [0.5, 0.6) is 0 Å². The van der Waals surface area contributed by atoms with Crippen LogP contribution < -0.4 is 0 Å². The molecule has 2 heterocycles. The molecule has 12 atom stereocenters. The highest BCUT2D eigenvalue weighted by Gasteiger charge is 2.64. The van der Waals surface area contributed by atoms with Gasteiger partial charge in [-0.05, 0) is 105 Å². The summed E-state index contributed by atoms with van der Waals surface area (Å²) >= 11 is 0. The zero-order valence-electron chi connectivity index (χ0n) is 20.4. The number of aliphatic hydroxyl groups is 1. The molecule has 6 rings (SSSR count). The van der Waals surface area contributed by atoms with Crippen molar-refractivity contribution < 1.29 is 9.90 Å². The molecule has 0 aromatic carbocycles. The molecule has 2 saturated heterocycles. The van der Waals surface area contributed by atoms with E-state index >= 15 is 0 Å². The van der Waals surface area contributed by atoms with Gasteiger partial charge in [0, 0.05) is 31.5 Å². The fraction of sp³-hybridized carbons (Fsp3) is 0.964. The summed E-state index contributed by atoms with van der Waals surface area (Å²) in [4.78, 5) is 16.1. The van der Waals surface area contributed by atoms with Crippen molar-refractivity contribution in [3.63, 3.8) is 0 Å². The van der Waals surface area contributed by atoms with Crippen molar-refractivity contribution >= 4 is 5.78 Å². The van der Waals surface area contributed by atoms with Gasteiger partial charge in [-0.2, -0.15) is 0 Å². The first kappa shape index (κ1) is 21.1. The van der Waals surface area contributed by atoms with Crippen LogP contribution in [0.2, 0.25) is 0 Å². The van der Waals surface area contributed by atoms with E-state index in [9.17, 15) is 9.90 Å². The molecule has 0 unspecified atom stereocenters. The second kappa shape index (κ2) is 7.05. The minimum Gasteiger partial charge on any atom is -0.388 e. The van der Waals surface area contributed by atoms with Crippen LogP contribution in [0.3, 0.4) is 0 Å². The molecule has 6 aliphatic rings. The fourth-order valence-corrected chi connectivity index (χ4v) is 10.6. The SMILES string of the molecule is C[C@H]1CC[C@@]2(C)[C@H](C1)C(=O)C[C@@H]1[C@H]3CC[C@@H]4[C@H](CN5C[C@@H](C)CC[C@H]5[C@@]4(C)O)[C@@H]3C[C@H]12. The van der Waals surface area contributed by atoms with Crippen LogP contribution >= 0.6 is 0 Å². The number of hydrogen-bond acceptors (Lipinski definition) is 3. The molecule has 0 amide bonds. The quantitative estimate of drug-likeness (QED) is 0.580. The standard InChI is InChI=1S/C28H45NO2/c1-16-9-10-27(3)23-12-19-18(20(23)13-25(30)24(27)11-16)6-7-22-21(19)15-29-14-17(2)5-8-26(29)28(22,4)31/h16-24,26,31H,5-15H2,1-4H3/t16-,17-,18-,19+,20+,21+,22+,23+,24+,26-,27+,28-/m0/s1. The Kier molecular flexibility index (Phi) is 4.81. The highest BCUT2D eigenvalue weighted by atomic mass is 16.3. The maximum absolute atomic E-state index is 13.4. The lowest BCUT2D eigenvalue weighted by Crippen LogP contribution is -2.67. The predicted octanol–water partition coefficient (Wildman–Crippen LogP) is 5.16. The Labute approximate surface area is 189 Å². The first-order valence-corrected chi connectivity index (χ1v) is 13.7. The number of fused-ring (bicyclic) bond motifs is 8. The third-order valence-corrected chi connectivity index (χ3v) is 12.1. The van der Waals surface area contributed by atoms with Gasteiger partial charge in [0.2, 0.25) is 0 Å². The van der Waals surface area contributed by atoms with Gasteiger partial charge < -0.3 is 5.11 Å². The fourth-order valence-electron chi connectivity index (χ4n) is 10.6. The summed E-state index contributed by atoms with van der Waals surface area (Å²) in [6, 6.07) is 0.369. The van der Waals surface area contributed by atoms with Crippen molar-refractivity contribution in [2.75, 3.05) is 13.1 Å². The van der Waals surface area contributed by atoms with Crippen molar-refractivity contribution in [2.24, 2.45) is 58.7 Å². The molecule has 1 N–H and O–H groups in total. The molecule has 2 aliphatic heterocycles. The number of hydrogen-bond donors (Lipinski definition) is 1. The molecule has 3 nitrogen and oxygen atoms in total. The Bertz CT molecular complexity index is 747. The maximum atomic E-state index is 13.4. The third-order valence-electron chi connectivity index (χ3n) is 12.1. The zero-order chi connectivity index (χ0) is 21.7. The van der Waals surface area contributed by atoms with Crippen molar-refractivity contribution in [1.82, 2.24) is 4.90 Å². The molecule has 3 heteroatoms. The van der Waals surface area contributed by atoms with Gasteiger partial charge in [-0.1, -0.05) is 27.2 Å². The minimum absolute atomic E-state index is 0.249. The lowest BCUT2D eigenvalue weighted by atomic mass is 9.51. The molecule has 6 fully saturated rings. The van der Waals surface area contributed by atoms with Crippen LogP contribution in [0.25, 0.3) is 0 Å². The molecular weight excluding hydrogens is 382 g/mol. The van der Waals surface area contributed by atoms with Gasteiger partial charge in [-0.3, -0.25) is 9.69 Å². The highest BCUT2D eigenvalue weighted by Crippen LogP contribution is 2.67. The summed E-state index contributed by atoms with van der Waals surface area (Å²) in [6.07, 6.45) is 10.8. The second-order valence-electron chi connectivity index (χ2n) is 13.7. The Morgan fingerprint density at radius 3 is 2.45 bits per heavy atom. The molecule has 0 aromatic rings. The molecule has 0 radical (unpaired) electrons. The van der Waals surface area contributed by atoms with Crippen molar-refractivity contribution in [2.45, 2.75) is 97.1 Å². The van der Waals surface area contributed by atoms with E-state index in [4.69, 9.17) is 0 Å². The summed E-state index contributed by atoms with van der Waals surface area (Å²) in [6.45, 7) is 11.8. The van der Waals surface area contributed by atoms with Crippen LogP contribution in [0.15, 0.2) is 0 Å². The van der Waals surface area contributed by atoms with Gasteiger partial charge in [-0.25, -0.2) is 0 Å². The summed E-state index contributed by atoms with van der Waals surface area (Å²) in [5.41, 5.74) is -0.289. The summed E-state index contributed by atoms with van der Waals surface area (Å²) in [5, 5.41) is 11.8.